The molecule has 23 heavy (non-hydrogen) atoms. The maximum Gasteiger partial charge on any atom is 0.243 e. The maximum absolute atomic E-state index is 13.0. The van der Waals surface area contributed by atoms with Crippen molar-refractivity contribution >= 4 is 17.5 Å². The molecule has 0 atom stereocenters. The number of hydrogen-bond donors (Lipinski definition) is 2. The highest BCUT2D eigenvalue weighted by atomic mass is 19.1. The van der Waals surface area contributed by atoms with Gasteiger partial charge in [0.2, 0.25) is 11.8 Å². The molecule has 0 unspecified atom stereocenters. The van der Waals surface area contributed by atoms with Crippen LogP contribution in [0, 0.1) is 5.82 Å². The number of benzene rings is 2. The largest absolute Gasteiger partial charge is 0.495 e. The Morgan fingerprint density at radius 1 is 1.09 bits per heavy atom. The quantitative estimate of drug-likeness (QED) is 0.858. The molecule has 0 saturated carbocycles. The molecule has 0 saturated heterocycles. The number of carbonyl (C=O) groups excluding carboxylic acids is 2. The van der Waals surface area contributed by atoms with Crippen LogP contribution in [0.4, 0.5) is 10.1 Å². The Bertz CT molecular complexity index is 704. The highest BCUT2D eigenvalue weighted by Crippen LogP contribution is 2.22. The van der Waals surface area contributed by atoms with Gasteiger partial charge in [-0.15, -0.1) is 0 Å². The van der Waals surface area contributed by atoms with Gasteiger partial charge in [-0.05, 0) is 29.8 Å². The molecule has 0 spiro atoms. The molecule has 0 bridgehead atoms. The van der Waals surface area contributed by atoms with Crippen LogP contribution in [0.1, 0.15) is 5.56 Å². The summed E-state index contributed by atoms with van der Waals surface area (Å²) in [5.74, 6) is -0.593. The molecular weight excluding hydrogens is 299 g/mol. The van der Waals surface area contributed by atoms with E-state index in [0.717, 1.165) is 0 Å². The molecule has 120 valence electrons. The minimum atomic E-state index is -0.399. The third kappa shape index (κ3) is 5.10. The topological polar surface area (TPSA) is 67.4 Å². The Labute approximate surface area is 133 Å². The first-order valence-corrected chi connectivity index (χ1v) is 7.02. The summed E-state index contributed by atoms with van der Waals surface area (Å²) < 4.78 is 18.2. The van der Waals surface area contributed by atoms with Gasteiger partial charge in [-0.1, -0.05) is 24.3 Å². The molecule has 0 aliphatic heterocycles. The van der Waals surface area contributed by atoms with Gasteiger partial charge in [0.25, 0.3) is 0 Å². The monoisotopic (exact) mass is 316 g/mol. The number of ether oxygens (including phenoxy) is 1. The molecule has 2 amide bonds. The Kier molecular flexibility index (Phi) is 5.68. The van der Waals surface area contributed by atoms with Gasteiger partial charge in [-0.25, -0.2) is 4.39 Å². The number of methoxy groups -OCH3 is 1. The SMILES string of the molecule is COc1ccccc1NC(=O)CNC(=O)Cc1cccc(F)c1. The molecule has 0 fully saturated rings. The minimum Gasteiger partial charge on any atom is -0.495 e. The van der Waals surface area contributed by atoms with Gasteiger partial charge in [0, 0.05) is 0 Å². The third-order valence-electron chi connectivity index (χ3n) is 3.08. The van der Waals surface area contributed by atoms with E-state index in [4.69, 9.17) is 4.74 Å². The van der Waals surface area contributed by atoms with Gasteiger partial charge >= 0.3 is 0 Å². The average Bonchev–Trinajstić information content (AvgIpc) is 2.53. The number of nitrogens with one attached hydrogen (secondary N) is 2. The molecular formula is C17H17FN2O3. The second-order valence-corrected chi connectivity index (χ2v) is 4.83. The second kappa shape index (κ2) is 7.93. The minimum absolute atomic E-state index is 0.0136. The Balaban J connectivity index is 1.83. The lowest BCUT2D eigenvalue weighted by Gasteiger charge is -2.10. The number of amides is 2. The standard InChI is InChI=1S/C17H17FN2O3/c1-23-15-8-3-2-7-14(15)20-17(22)11-19-16(21)10-12-5-4-6-13(18)9-12/h2-9H,10-11H2,1H3,(H,19,21)(H,20,22). The van der Waals surface area contributed by atoms with Gasteiger partial charge in [-0.2, -0.15) is 0 Å². The van der Waals surface area contributed by atoms with Gasteiger partial charge in [0.1, 0.15) is 11.6 Å². The summed E-state index contributed by atoms with van der Waals surface area (Å²) in [5, 5.41) is 5.14. The zero-order chi connectivity index (χ0) is 16.7. The second-order valence-electron chi connectivity index (χ2n) is 4.83. The summed E-state index contributed by atoms with van der Waals surface area (Å²) in [5.41, 5.74) is 1.08. The lowest BCUT2D eigenvalue weighted by Crippen LogP contribution is -2.33. The predicted molar refractivity (Wildman–Crippen MR) is 84.7 cm³/mol. The molecule has 0 radical (unpaired) electrons. The zero-order valence-corrected chi connectivity index (χ0v) is 12.6. The van der Waals surface area contributed by atoms with Crippen molar-refractivity contribution in [1.29, 1.82) is 0 Å². The summed E-state index contributed by atoms with van der Waals surface area (Å²) in [4.78, 5) is 23.6. The average molecular weight is 316 g/mol. The molecule has 0 aromatic heterocycles. The van der Waals surface area contributed by atoms with Gasteiger partial charge in [0.05, 0.1) is 25.8 Å². The first kappa shape index (κ1) is 16.5. The van der Waals surface area contributed by atoms with Crippen LogP contribution in [0.3, 0.4) is 0 Å². The van der Waals surface area contributed by atoms with Crippen LogP contribution in [-0.4, -0.2) is 25.5 Å². The van der Waals surface area contributed by atoms with Crippen LogP contribution in [-0.2, 0) is 16.0 Å². The Morgan fingerprint density at radius 3 is 2.61 bits per heavy atom. The van der Waals surface area contributed by atoms with Crippen molar-refractivity contribution in [2.24, 2.45) is 0 Å². The van der Waals surface area contributed by atoms with Crippen LogP contribution >= 0.6 is 0 Å². The number of halogens is 1. The van der Waals surface area contributed by atoms with E-state index in [1.165, 1.54) is 25.3 Å². The van der Waals surface area contributed by atoms with Gasteiger partial charge in [-0.3, -0.25) is 9.59 Å². The van der Waals surface area contributed by atoms with E-state index in [1.54, 1.807) is 30.3 Å². The molecule has 6 heteroatoms. The van der Waals surface area contributed by atoms with Crippen LogP contribution in [0.5, 0.6) is 5.75 Å². The summed E-state index contributed by atoms with van der Waals surface area (Å²) in [6.07, 6.45) is 0.0136. The molecule has 2 rings (SSSR count). The van der Waals surface area contributed by atoms with Crippen LogP contribution in [0.2, 0.25) is 0 Å². The summed E-state index contributed by atoms with van der Waals surface area (Å²) in [7, 11) is 1.51. The van der Waals surface area contributed by atoms with Crippen LogP contribution < -0.4 is 15.4 Å². The Hall–Kier alpha value is -2.89. The normalized spacial score (nSPS) is 10.0. The fraction of sp³-hybridized carbons (Fsp3) is 0.176. The molecule has 2 aromatic rings. The van der Waals surface area contributed by atoms with E-state index in [1.807, 2.05) is 0 Å². The van der Waals surface area contributed by atoms with Crippen molar-refractivity contribution in [2.45, 2.75) is 6.42 Å². The van der Waals surface area contributed by atoms with Gasteiger partial charge < -0.3 is 15.4 Å². The Morgan fingerprint density at radius 2 is 1.87 bits per heavy atom. The number of rotatable bonds is 6. The molecule has 2 N–H and O–H groups in total. The number of para-hydroxylation sites is 2. The zero-order valence-electron chi connectivity index (χ0n) is 12.6. The third-order valence-corrected chi connectivity index (χ3v) is 3.08. The number of carbonyl (C=O) groups is 2. The van der Waals surface area contributed by atoms with E-state index in [-0.39, 0.29) is 24.8 Å². The maximum atomic E-state index is 13.0. The smallest absolute Gasteiger partial charge is 0.243 e. The summed E-state index contributed by atoms with van der Waals surface area (Å²) >= 11 is 0. The van der Waals surface area contributed by atoms with E-state index in [9.17, 15) is 14.0 Å². The van der Waals surface area contributed by atoms with Crippen molar-refractivity contribution < 1.29 is 18.7 Å². The lowest BCUT2D eigenvalue weighted by molar-refractivity contribution is -0.123. The van der Waals surface area contributed by atoms with Crippen molar-refractivity contribution in [3.8, 4) is 5.75 Å². The summed E-state index contributed by atoms with van der Waals surface area (Å²) in [6.45, 7) is -0.174. The van der Waals surface area contributed by atoms with Crippen molar-refractivity contribution in [2.75, 3.05) is 19.0 Å². The summed E-state index contributed by atoms with van der Waals surface area (Å²) in [6, 6.07) is 12.7. The highest BCUT2D eigenvalue weighted by molar-refractivity contribution is 5.95. The number of hydrogen-bond acceptors (Lipinski definition) is 3. The number of anilines is 1. The fourth-order valence-electron chi connectivity index (χ4n) is 2.02. The van der Waals surface area contributed by atoms with E-state index < -0.39 is 5.82 Å². The molecule has 0 aliphatic carbocycles. The van der Waals surface area contributed by atoms with Crippen molar-refractivity contribution in [1.82, 2.24) is 5.32 Å². The first-order valence-electron chi connectivity index (χ1n) is 7.02. The van der Waals surface area contributed by atoms with Crippen LogP contribution in [0.25, 0.3) is 0 Å². The molecule has 5 nitrogen and oxygen atoms in total. The fourth-order valence-corrected chi connectivity index (χ4v) is 2.02. The van der Waals surface area contributed by atoms with E-state index in [0.29, 0.717) is 17.0 Å². The molecule has 2 aromatic carbocycles. The molecule has 0 aliphatic rings. The van der Waals surface area contributed by atoms with Gasteiger partial charge in [0.15, 0.2) is 0 Å². The van der Waals surface area contributed by atoms with Crippen molar-refractivity contribution in [3.63, 3.8) is 0 Å². The van der Waals surface area contributed by atoms with E-state index in [2.05, 4.69) is 10.6 Å². The molecule has 0 heterocycles. The van der Waals surface area contributed by atoms with E-state index >= 15 is 0 Å². The lowest BCUT2D eigenvalue weighted by atomic mass is 10.1. The highest BCUT2D eigenvalue weighted by Gasteiger charge is 2.09. The van der Waals surface area contributed by atoms with Crippen molar-refractivity contribution in [3.05, 3.63) is 59.9 Å². The first-order chi connectivity index (χ1) is 11.1. The predicted octanol–water partition coefficient (Wildman–Crippen LogP) is 2.13. The van der Waals surface area contributed by atoms with Crippen LogP contribution in [0.15, 0.2) is 48.5 Å².